The average molecular weight is 331 g/mol. The first-order chi connectivity index (χ1) is 7.25. The molecule has 17 heavy (non-hydrogen) atoms. The molecule has 0 aliphatic carbocycles. The second-order valence-electron chi connectivity index (χ2n) is 3.83. The quantitative estimate of drug-likeness (QED) is 0.681. The molecule has 9 heteroatoms. The van der Waals surface area contributed by atoms with Crippen molar-refractivity contribution in [3.63, 3.8) is 0 Å². The van der Waals surface area contributed by atoms with E-state index in [9.17, 15) is 18.9 Å². The molecule has 0 bridgehead atoms. The zero-order valence-corrected chi connectivity index (χ0v) is 13.1. The van der Waals surface area contributed by atoms with Crippen LogP contribution in [-0.2, 0) is 35.0 Å². The molecular formula is C8H18CoO6P2+2. The van der Waals surface area contributed by atoms with Crippen LogP contribution in [0.5, 0.6) is 0 Å². The minimum atomic E-state index is -2.63. The van der Waals surface area contributed by atoms with E-state index in [1.807, 2.05) is 27.7 Å². The first kappa shape index (κ1) is 22.7. The summed E-state index contributed by atoms with van der Waals surface area (Å²) in [4.78, 5) is 19.4. The Labute approximate surface area is 114 Å². The van der Waals surface area contributed by atoms with E-state index in [2.05, 4.69) is 9.05 Å². The predicted molar refractivity (Wildman–Crippen MR) is 56.8 cm³/mol. The summed E-state index contributed by atoms with van der Waals surface area (Å²) in [5.74, 6) is 0.561. The molecule has 0 spiro atoms. The minimum absolute atomic E-state index is 0. The van der Waals surface area contributed by atoms with Crippen molar-refractivity contribution in [3.05, 3.63) is 0 Å². The molecule has 0 aromatic carbocycles. The molecule has 1 radical (unpaired) electrons. The SMILES string of the molecule is CC(C)CO[P+](=O)[O-].CC(C)CO[P+](=O)[O-].[Co+2]. The number of hydrogen-bond acceptors (Lipinski definition) is 6. The van der Waals surface area contributed by atoms with Gasteiger partial charge in [0.2, 0.25) is 0 Å². The Bertz CT molecular complexity index is 190. The molecule has 0 N–H and O–H groups in total. The van der Waals surface area contributed by atoms with Crippen LogP contribution in [0.3, 0.4) is 0 Å². The van der Waals surface area contributed by atoms with Gasteiger partial charge in [0.1, 0.15) is 13.2 Å². The van der Waals surface area contributed by atoms with Crippen molar-refractivity contribution in [2.45, 2.75) is 27.7 Å². The van der Waals surface area contributed by atoms with Gasteiger partial charge >= 0.3 is 33.3 Å². The molecule has 103 valence electrons. The Balaban J connectivity index is -0.000000218. The van der Waals surface area contributed by atoms with Crippen molar-refractivity contribution < 1.29 is 44.7 Å². The van der Waals surface area contributed by atoms with Crippen LogP contribution in [0.15, 0.2) is 0 Å². The molecule has 0 aliphatic rings. The summed E-state index contributed by atoms with van der Waals surface area (Å²) in [6.07, 6.45) is 0. The third kappa shape index (κ3) is 31.5. The summed E-state index contributed by atoms with van der Waals surface area (Å²) in [6, 6.07) is 0. The number of hydrogen-bond donors (Lipinski definition) is 0. The smallest absolute Gasteiger partial charge is 0.566 e. The van der Waals surface area contributed by atoms with Crippen LogP contribution in [0.2, 0.25) is 0 Å². The van der Waals surface area contributed by atoms with E-state index in [-0.39, 0.29) is 28.6 Å². The fourth-order valence-corrected chi connectivity index (χ4v) is 1.26. The molecule has 2 unspecified atom stereocenters. The molecule has 2 atom stereocenters. The molecule has 0 aromatic rings. The van der Waals surface area contributed by atoms with Crippen LogP contribution in [0.4, 0.5) is 0 Å². The molecule has 0 fully saturated rings. The van der Waals surface area contributed by atoms with Gasteiger partial charge in [-0.3, -0.25) is 0 Å². The monoisotopic (exact) mass is 331 g/mol. The van der Waals surface area contributed by atoms with E-state index in [4.69, 9.17) is 0 Å². The van der Waals surface area contributed by atoms with E-state index in [1.54, 1.807) is 0 Å². The van der Waals surface area contributed by atoms with Crippen molar-refractivity contribution >= 4 is 16.5 Å². The largest absolute Gasteiger partial charge is 2.00 e. The van der Waals surface area contributed by atoms with Crippen LogP contribution < -0.4 is 9.79 Å². The molecule has 0 saturated carbocycles. The maximum atomic E-state index is 9.72. The summed E-state index contributed by atoms with van der Waals surface area (Å²) < 4.78 is 28.0. The molecule has 0 rings (SSSR count). The second kappa shape index (κ2) is 14.6. The summed E-state index contributed by atoms with van der Waals surface area (Å²) in [6.45, 7) is 8.13. The van der Waals surface area contributed by atoms with Gasteiger partial charge in [0, 0.05) is 0 Å². The zero-order chi connectivity index (χ0) is 13.1. The average Bonchev–Trinajstić information content (AvgIpc) is 2.12. The first-order valence-corrected chi connectivity index (χ1v) is 6.99. The molecule has 0 aliphatic heterocycles. The van der Waals surface area contributed by atoms with Gasteiger partial charge in [0.15, 0.2) is 0 Å². The zero-order valence-electron chi connectivity index (χ0n) is 10.2. The van der Waals surface area contributed by atoms with Gasteiger partial charge in [0.25, 0.3) is 0 Å². The Morgan fingerprint density at radius 3 is 1.18 bits per heavy atom. The van der Waals surface area contributed by atoms with Crippen molar-refractivity contribution in [2.75, 3.05) is 13.2 Å². The van der Waals surface area contributed by atoms with Crippen molar-refractivity contribution in [2.24, 2.45) is 11.8 Å². The first-order valence-electron chi connectivity index (χ1n) is 4.80. The molecule has 0 amide bonds. The normalized spacial score (nSPS) is 11.5. The summed E-state index contributed by atoms with van der Waals surface area (Å²) in [5.41, 5.74) is 0. The van der Waals surface area contributed by atoms with Gasteiger partial charge in [0.05, 0.1) is 0 Å². The van der Waals surface area contributed by atoms with Crippen molar-refractivity contribution in [3.8, 4) is 0 Å². The predicted octanol–water partition coefficient (Wildman–Crippen LogP) is 1.35. The van der Waals surface area contributed by atoms with Gasteiger partial charge in [-0.1, -0.05) is 27.7 Å². The summed E-state index contributed by atoms with van der Waals surface area (Å²) in [5, 5.41) is 0. The molecular weight excluding hydrogens is 313 g/mol. The Morgan fingerprint density at radius 2 is 1.12 bits per heavy atom. The molecule has 0 saturated heterocycles. The third-order valence-corrected chi connectivity index (χ3v) is 1.75. The second-order valence-corrected chi connectivity index (χ2v) is 5.24. The maximum Gasteiger partial charge on any atom is 2.00 e. The standard InChI is InChI=1S/2C4H9O3P.Co/c2*1-4(2)3-7-8(5)6;/h2*4H,3H2,1-2H3;/q;;+2. The van der Waals surface area contributed by atoms with Gasteiger partial charge in [-0.15, -0.1) is 9.05 Å². The van der Waals surface area contributed by atoms with Crippen molar-refractivity contribution in [1.82, 2.24) is 0 Å². The van der Waals surface area contributed by atoms with Gasteiger partial charge in [-0.2, -0.15) is 0 Å². The molecule has 0 aromatic heterocycles. The van der Waals surface area contributed by atoms with E-state index >= 15 is 0 Å². The van der Waals surface area contributed by atoms with Gasteiger partial charge < -0.3 is 9.79 Å². The van der Waals surface area contributed by atoms with Gasteiger partial charge in [-0.05, 0) is 21.0 Å². The maximum absolute atomic E-state index is 9.72. The van der Waals surface area contributed by atoms with Gasteiger partial charge in [-0.25, -0.2) is 0 Å². The van der Waals surface area contributed by atoms with E-state index in [0.717, 1.165) is 0 Å². The fraction of sp³-hybridized carbons (Fsp3) is 1.00. The Kier molecular flexibility index (Phi) is 19.5. The third-order valence-electron chi connectivity index (χ3n) is 1.03. The van der Waals surface area contributed by atoms with Crippen LogP contribution in [0, 0.1) is 11.8 Å². The van der Waals surface area contributed by atoms with Crippen LogP contribution in [0.1, 0.15) is 27.7 Å². The van der Waals surface area contributed by atoms with E-state index in [0.29, 0.717) is 13.2 Å². The number of rotatable bonds is 6. The van der Waals surface area contributed by atoms with E-state index in [1.165, 1.54) is 0 Å². The summed E-state index contributed by atoms with van der Waals surface area (Å²) >= 11 is 0. The fourth-order valence-electron chi connectivity index (χ4n) is 0.420. The Hall–Kier alpha value is 0.546. The minimum Gasteiger partial charge on any atom is -0.566 e. The van der Waals surface area contributed by atoms with E-state index < -0.39 is 16.5 Å². The van der Waals surface area contributed by atoms with Crippen LogP contribution in [0.25, 0.3) is 0 Å². The summed E-state index contributed by atoms with van der Waals surface area (Å²) in [7, 11) is -5.27. The van der Waals surface area contributed by atoms with Crippen LogP contribution in [-0.4, -0.2) is 13.2 Å². The Morgan fingerprint density at radius 1 is 0.882 bits per heavy atom. The van der Waals surface area contributed by atoms with Crippen molar-refractivity contribution in [1.29, 1.82) is 0 Å². The molecule has 0 heterocycles. The topological polar surface area (TPSA) is 98.7 Å². The molecule has 6 nitrogen and oxygen atoms in total. The van der Waals surface area contributed by atoms with Crippen LogP contribution >= 0.6 is 16.5 Å².